The van der Waals surface area contributed by atoms with Crippen molar-refractivity contribution >= 4 is 41.4 Å². The van der Waals surface area contributed by atoms with Crippen molar-refractivity contribution in [3.05, 3.63) is 64.5 Å². The summed E-state index contributed by atoms with van der Waals surface area (Å²) in [4.78, 5) is 54.2. The zero-order chi connectivity index (χ0) is 41.1. The van der Waals surface area contributed by atoms with Gasteiger partial charge in [-0.15, -0.1) is 12.6 Å². The third-order valence-electron chi connectivity index (χ3n) is 15.6. The summed E-state index contributed by atoms with van der Waals surface area (Å²) in [7, 11) is 6.36. The fourth-order valence-corrected chi connectivity index (χ4v) is 13.7. The van der Waals surface area contributed by atoms with Crippen molar-refractivity contribution in [3.63, 3.8) is 0 Å². The number of fused-ring (bicyclic) bond motifs is 6. The Morgan fingerprint density at radius 3 is 2.50 bits per heavy atom. The summed E-state index contributed by atoms with van der Waals surface area (Å²) in [6, 6.07) is 5.11. The molecule has 2 N–H and O–H groups in total. The highest BCUT2D eigenvalue weighted by molar-refractivity contribution is 7.80. The van der Waals surface area contributed by atoms with Crippen molar-refractivity contribution in [1.82, 2.24) is 19.7 Å². The van der Waals surface area contributed by atoms with Crippen molar-refractivity contribution in [2.75, 3.05) is 54.6 Å². The molecule has 7 aliphatic rings. The predicted octanol–water partition coefficient (Wildman–Crippen LogP) is 4.76. The highest BCUT2D eigenvalue weighted by Gasteiger charge is 2.79. The fourth-order valence-electron chi connectivity index (χ4n) is 13.5. The first-order chi connectivity index (χ1) is 27.8. The maximum Gasteiger partial charge on any atom is 0.344 e. The van der Waals surface area contributed by atoms with Gasteiger partial charge in [-0.2, -0.15) is 0 Å². The van der Waals surface area contributed by atoms with Gasteiger partial charge in [-0.3, -0.25) is 19.4 Å². The van der Waals surface area contributed by atoms with Crippen LogP contribution < -0.4 is 0 Å². The standard InChI is InChI=1S/C45H58N4O8S/c1-8-25-16-26-20-44(41(51)55-6,37-30(23-48(21-25)22-26)29-17-28(58)10-11-33(29)46-37)32-18-31-34(19-35(32)54-5)47(4)40-43(31)13-15-49-14-12-27(9-2)36(38(43)49)39(57-24(3)50)45(40,53)42(52)56-7/h10-11,16-19,26-27,32,35-36,38-40,46,53,58H,8-9,12-15,20-23H2,1-7H3/t26-,27+,32?,35?,36?,38+,39-,40-,43-,44+,45-/m1/s1. The van der Waals surface area contributed by atoms with Crippen LogP contribution >= 0.6 is 12.6 Å². The van der Waals surface area contributed by atoms with Gasteiger partial charge < -0.3 is 33.9 Å². The number of benzene rings is 1. The number of thiol groups is 1. The van der Waals surface area contributed by atoms with E-state index in [-0.39, 0.29) is 29.8 Å². The lowest BCUT2D eigenvalue weighted by Crippen LogP contribution is -2.77. The van der Waals surface area contributed by atoms with Crippen molar-refractivity contribution in [1.29, 1.82) is 0 Å². The van der Waals surface area contributed by atoms with Gasteiger partial charge in [0.25, 0.3) is 0 Å². The molecular formula is C45H58N4O8S. The molecule has 5 aliphatic heterocycles. The molecule has 0 amide bonds. The zero-order valence-corrected chi connectivity index (χ0v) is 35.6. The number of esters is 3. The van der Waals surface area contributed by atoms with E-state index >= 15 is 4.79 Å². The van der Waals surface area contributed by atoms with Crippen LogP contribution in [0.3, 0.4) is 0 Å². The van der Waals surface area contributed by atoms with Gasteiger partial charge in [0.15, 0.2) is 0 Å². The molecule has 6 heterocycles. The van der Waals surface area contributed by atoms with Gasteiger partial charge in [0.05, 0.1) is 26.4 Å². The van der Waals surface area contributed by atoms with Crippen molar-refractivity contribution in [2.24, 2.45) is 29.1 Å². The van der Waals surface area contributed by atoms with Crippen LogP contribution in [0, 0.1) is 29.1 Å². The number of ether oxygens (including phenoxy) is 4. The molecule has 1 aromatic carbocycles. The van der Waals surface area contributed by atoms with Crippen LogP contribution in [0.25, 0.3) is 10.9 Å². The molecule has 3 saturated heterocycles. The third-order valence-corrected chi connectivity index (χ3v) is 15.8. The molecule has 4 unspecified atom stereocenters. The summed E-state index contributed by atoms with van der Waals surface area (Å²) in [5.74, 6) is -2.47. The Labute approximate surface area is 346 Å². The number of carbonyl (C=O) groups is 3. The highest BCUT2D eigenvalue weighted by Crippen LogP contribution is 2.68. The molecule has 13 heteroatoms. The minimum absolute atomic E-state index is 0.0554. The zero-order valence-electron chi connectivity index (χ0n) is 34.7. The smallest absolute Gasteiger partial charge is 0.344 e. The lowest BCUT2D eigenvalue weighted by Gasteiger charge is -2.61. The number of aromatic amines is 1. The van der Waals surface area contributed by atoms with E-state index in [1.54, 1.807) is 7.11 Å². The summed E-state index contributed by atoms with van der Waals surface area (Å²) in [5, 5.41) is 14.3. The van der Waals surface area contributed by atoms with Crippen molar-refractivity contribution in [2.45, 2.75) is 99.6 Å². The molecule has 312 valence electrons. The van der Waals surface area contributed by atoms with E-state index in [9.17, 15) is 14.7 Å². The van der Waals surface area contributed by atoms with Crippen molar-refractivity contribution < 1.29 is 38.4 Å². The highest BCUT2D eigenvalue weighted by atomic mass is 32.1. The molecule has 12 nitrogen and oxygen atoms in total. The molecule has 0 radical (unpaired) electrons. The van der Waals surface area contributed by atoms with E-state index < -0.39 is 52.5 Å². The van der Waals surface area contributed by atoms with E-state index in [0.29, 0.717) is 19.4 Å². The van der Waals surface area contributed by atoms with Crippen LogP contribution in [0.15, 0.2) is 58.2 Å². The molecule has 58 heavy (non-hydrogen) atoms. The normalized spacial score (nSPS) is 38.9. The summed E-state index contributed by atoms with van der Waals surface area (Å²) in [5.41, 5.74) is 1.80. The Morgan fingerprint density at radius 1 is 1.03 bits per heavy atom. The Balaban J connectivity index is 1.32. The molecule has 4 fully saturated rings. The Bertz CT molecular complexity index is 2150. The number of hydrogen-bond donors (Lipinski definition) is 3. The van der Waals surface area contributed by atoms with Gasteiger partial charge in [-0.1, -0.05) is 38.0 Å². The topological polar surface area (TPSA) is 134 Å². The predicted molar refractivity (Wildman–Crippen MR) is 220 cm³/mol. The molecule has 1 saturated carbocycles. The Hall–Kier alpha value is -3.62. The van der Waals surface area contributed by atoms with Gasteiger partial charge in [-0.25, -0.2) is 4.79 Å². The monoisotopic (exact) mass is 814 g/mol. The van der Waals surface area contributed by atoms with E-state index in [2.05, 4.69) is 52.9 Å². The first-order valence-corrected chi connectivity index (χ1v) is 21.5. The minimum atomic E-state index is -2.20. The average molecular weight is 815 g/mol. The van der Waals surface area contributed by atoms with Crippen LogP contribution in [0.1, 0.15) is 64.1 Å². The van der Waals surface area contributed by atoms with Crippen LogP contribution in [0.2, 0.25) is 0 Å². The van der Waals surface area contributed by atoms with Gasteiger partial charge in [0.1, 0.15) is 11.5 Å². The van der Waals surface area contributed by atoms with Gasteiger partial charge in [0, 0.05) is 91.2 Å². The van der Waals surface area contributed by atoms with Crippen LogP contribution in [-0.4, -0.2) is 127 Å². The number of likely N-dealkylation sites (tertiary alicyclic amines) is 1. The van der Waals surface area contributed by atoms with Crippen molar-refractivity contribution in [3.8, 4) is 0 Å². The van der Waals surface area contributed by atoms with Crippen LogP contribution in [0.4, 0.5) is 0 Å². The Kier molecular flexibility index (Phi) is 9.78. The second-order valence-electron chi connectivity index (χ2n) is 18.0. The fraction of sp³-hybridized carbons (Fsp3) is 0.622. The number of aromatic nitrogens is 1. The number of nitrogens with zero attached hydrogens (tertiary/aromatic N) is 3. The van der Waals surface area contributed by atoms with E-state index in [0.717, 1.165) is 83.8 Å². The van der Waals surface area contributed by atoms with Gasteiger partial charge in [-0.05, 0) is 86.0 Å². The number of H-pyrrole nitrogens is 1. The van der Waals surface area contributed by atoms with Crippen LogP contribution in [-0.2, 0) is 45.3 Å². The second-order valence-corrected chi connectivity index (χ2v) is 18.5. The first-order valence-electron chi connectivity index (χ1n) is 21.1. The SMILES string of the molecule is CCC1=C[C@H]2CN(C1)Cc1c([nH]c3ccc(S)cc13)[C@@](C(=O)OC)(C1C=C3C(=CC1OC)N(C)[C@H]1[C@@](O)(C(=O)OC)[C@H](OC(C)=O)C4[C@@H](CC)CCN5CC[C@]31[C@H]45)C2. The number of aliphatic hydroxyl groups is 1. The molecule has 1 spiro atoms. The summed E-state index contributed by atoms with van der Waals surface area (Å²) >= 11 is 4.76. The quantitative estimate of drug-likeness (QED) is 0.155. The number of allylic oxidation sites excluding steroid dienone is 1. The minimum Gasteiger partial charge on any atom is -0.468 e. The molecular weight excluding hydrogens is 757 g/mol. The van der Waals surface area contributed by atoms with Gasteiger partial charge in [0.2, 0.25) is 5.60 Å². The lowest BCUT2D eigenvalue weighted by molar-refractivity contribution is -0.238. The molecule has 2 bridgehead atoms. The average Bonchev–Trinajstić information content (AvgIpc) is 3.86. The lowest BCUT2D eigenvalue weighted by atomic mass is 9.50. The number of rotatable bonds is 7. The maximum atomic E-state index is 15.3. The maximum absolute atomic E-state index is 15.3. The third kappa shape index (κ3) is 5.31. The number of carbonyl (C=O) groups excluding carboxylic acids is 3. The number of hydrogen-bond acceptors (Lipinski definition) is 12. The van der Waals surface area contributed by atoms with Gasteiger partial charge >= 0.3 is 17.9 Å². The second kappa shape index (κ2) is 14.2. The summed E-state index contributed by atoms with van der Waals surface area (Å²) in [6.45, 7) is 9.60. The molecule has 2 aliphatic carbocycles. The first kappa shape index (κ1) is 39.8. The van der Waals surface area contributed by atoms with E-state index in [1.165, 1.54) is 26.7 Å². The van der Waals surface area contributed by atoms with E-state index in [1.807, 2.05) is 24.1 Å². The Morgan fingerprint density at radius 2 is 1.81 bits per heavy atom. The molecule has 1 aromatic heterocycles. The summed E-state index contributed by atoms with van der Waals surface area (Å²) in [6.07, 6.45) is 8.73. The van der Waals surface area contributed by atoms with Crippen LogP contribution in [0.5, 0.6) is 0 Å². The largest absolute Gasteiger partial charge is 0.468 e. The van der Waals surface area contributed by atoms with E-state index in [4.69, 9.17) is 31.6 Å². The molecule has 12 atom stereocenters. The number of methoxy groups -OCH3 is 3. The summed E-state index contributed by atoms with van der Waals surface area (Å²) < 4.78 is 24.1. The number of piperidine rings is 1. The molecule has 2 aromatic rings. The number of likely N-dealkylation sites (N-methyl/N-ethyl adjacent to an activating group) is 1. The number of nitrogens with one attached hydrogen (secondary N) is 1. The molecule has 9 rings (SSSR count).